The molecule has 12 heteroatoms. The van der Waals surface area contributed by atoms with Gasteiger partial charge in [-0.1, -0.05) is 18.2 Å². The fourth-order valence-electron chi connectivity index (χ4n) is 6.10. The number of fused-ring (bicyclic) bond motifs is 1. The average molecular weight is 597 g/mol. The summed E-state index contributed by atoms with van der Waals surface area (Å²) in [4.78, 5) is 22.9. The van der Waals surface area contributed by atoms with Crippen LogP contribution in [0.25, 0.3) is 10.9 Å². The van der Waals surface area contributed by atoms with Crippen molar-refractivity contribution in [3.63, 3.8) is 0 Å². The molecule has 3 atom stereocenters. The Morgan fingerprint density at radius 3 is 2.21 bits per heavy atom. The van der Waals surface area contributed by atoms with Crippen LogP contribution in [0.2, 0.25) is 0 Å². The van der Waals surface area contributed by atoms with Gasteiger partial charge < -0.3 is 14.6 Å². The molecule has 1 aromatic heterocycles. The van der Waals surface area contributed by atoms with Crippen LogP contribution in [0, 0.1) is 0 Å². The minimum absolute atomic E-state index is 0.0474. The summed E-state index contributed by atoms with van der Waals surface area (Å²) in [6.07, 6.45) is -7.84. The van der Waals surface area contributed by atoms with Crippen LogP contribution in [0.5, 0.6) is 0 Å². The SMILES string of the molecule is C[C@H]1COC[C@H](C)N1CCN1CCN(C(=O)c2cc(C(F)(F)F)cc(C(F)(F)F)c2)[C@H](Cc2c[nH]c3ccccc23)C1. The molecule has 0 unspecified atom stereocenters. The third-order valence-electron chi connectivity index (χ3n) is 8.32. The summed E-state index contributed by atoms with van der Waals surface area (Å²) < 4.78 is 86.9. The van der Waals surface area contributed by atoms with Gasteiger partial charge in [-0.15, -0.1) is 0 Å². The largest absolute Gasteiger partial charge is 0.416 e. The van der Waals surface area contributed by atoms with Gasteiger partial charge in [0.2, 0.25) is 0 Å². The second-order valence-electron chi connectivity index (χ2n) is 11.3. The van der Waals surface area contributed by atoms with Gasteiger partial charge in [0, 0.05) is 73.5 Å². The summed E-state index contributed by atoms with van der Waals surface area (Å²) >= 11 is 0. The third-order valence-corrected chi connectivity index (χ3v) is 8.32. The molecule has 6 nitrogen and oxygen atoms in total. The number of rotatable bonds is 6. The Labute approximate surface area is 240 Å². The highest BCUT2D eigenvalue weighted by Gasteiger charge is 2.39. The van der Waals surface area contributed by atoms with Crippen molar-refractivity contribution >= 4 is 16.8 Å². The summed E-state index contributed by atoms with van der Waals surface area (Å²) in [5.74, 6) is -0.841. The fourth-order valence-corrected chi connectivity index (χ4v) is 6.10. The predicted octanol–water partition coefficient (Wildman–Crippen LogP) is 5.68. The molecule has 2 aromatic carbocycles. The number of halogens is 6. The van der Waals surface area contributed by atoms with Crippen LogP contribution in [-0.4, -0.2) is 89.7 Å². The van der Waals surface area contributed by atoms with Crippen LogP contribution in [0.1, 0.15) is 40.9 Å². The molecule has 3 heterocycles. The topological polar surface area (TPSA) is 51.8 Å². The van der Waals surface area contributed by atoms with Crippen molar-refractivity contribution in [2.45, 2.75) is 50.7 Å². The number of ether oxygens (including phenoxy) is 1. The van der Waals surface area contributed by atoms with Crippen LogP contribution in [0.4, 0.5) is 26.3 Å². The highest BCUT2D eigenvalue weighted by molar-refractivity contribution is 5.95. The summed E-state index contributed by atoms with van der Waals surface area (Å²) in [7, 11) is 0. The first-order valence-corrected chi connectivity index (χ1v) is 14.0. The van der Waals surface area contributed by atoms with E-state index in [2.05, 4.69) is 28.6 Å². The van der Waals surface area contributed by atoms with E-state index in [1.165, 1.54) is 4.90 Å². The number of hydrogen-bond acceptors (Lipinski definition) is 4. The maximum atomic E-state index is 13.7. The number of alkyl halides is 6. The summed E-state index contributed by atoms with van der Waals surface area (Å²) in [5, 5.41) is 0.955. The van der Waals surface area contributed by atoms with E-state index in [-0.39, 0.29) is 24.7 Å². The molecule has 42 heavy (non-hydrogen) atoms. The zero-order chi connectivity index (χ0) is 30.2. The Balaban J connectivity index is 1.42. The normalized spacial score (nSPS) is 23.0. The lowest BCUT2D eigenvalue weighted by molar-refractivity contribution is -0.143. The number of nitrogens with one attached hydrogen (secondary N) is 1. The van der Waals surface area contributed by atoms with Crippen molar-refractivity contribution in [1.29, 1.82) is 0 Å². The lowest BCUT2D eigenvalue weighted by Crippen LogP contribution is -2.58. The van der Waals surface area contributed by atoms with Gasteiger partial charge in [-0.25, -0.2) is 0 Å². The number of H-pyrrole nitrogens is 1. The number of aromatic amines is 1. The second-order valence-corrected chi connectivity index (χ2v) is 11.3. The summed E-state index contributed by atoms with van der Waals surface area (Å²) in [6.45, 7) is 8.06. The number of carbonyl (C=O) groups excluding carboxylic acids is 1. The lowest BCUT2D eigenvalue weighted by atomic mass is 9.98. The maximum Gasteiger partial charge on any atom is 0.416 e. The Hall–Kier alpha value is -3.09. The number of benzene rings is 2. The molecule has 2 aliphatic rings. The van der Waals surface area contributed by atoms with Gasteiger partial charge in [0.25, 0.3) is 5.91 Å². The highest BCUT2D eigenvalue weighted by Crippen LogP contribution is 2.37. The van der Waals surface area contributed by atoms with Crippen molar-refractivity contribution < 1.29 is 35.9 Å². The fraction of sp³-hybridized carbons (Fsp3) is 0.500. The van der Waals surface area contributed by atoms with Gasteiger partial charge in [0.1, 0.15) is 0 Å². The minimum Gasteiger partial charge on any atom is -0.378 e. The molecule has 5 rings (SSSR count). The summed E-state index contributed by atoms with van der Waals surface area (Å²) in [6, 6.07) is 8.77. The van der Waals surface area contributed by atoms with Gasteiger partial charge >= 0.3 is 12.4 Å². The number of amides is 1. The molecule has 2 saturated heterocycles. The van der Waals surface area contributed by atoms with Crippen LogP contribution < -0.4 is 0 Å². The van der Waals surface area contributed by atoms with Crippen molar-refractivity contribution in [3.05, 3.63) is 70.9 Å². The van der Waals surface area contributed by atoms with E-state index in [4.69, 9.17) is 4.74 Å². The Kier molecular flexibility index (Phi) is 8.60. The Morgan fingerprint density at radius 1 is 0.929 bits per heavy atom. The highest BCUT2D eigenvalue weighted by atomic mass is 19.4. The standard InChI is InChI=1S/C30H34F6N4O2/c1-19-17-42-18-20(2)39(19)9-7-38-8-10-40(25(16-38)13-22-15-37-27-6-4-3-5-26(22)27)28(41)21-11-23(29(31,32)33)14-24(12-21)30(34,35)36/h3-6,11-12,14-15,19-20,25,37H,7-10,13,16-18H2,1-2H3/t19-,20-,25+/m0/s1. The Morgan fingerprint density at radius 2 is 1.57 bits per heavy atom. The van der Waals surface area contributed by atoms with Gasteiger partial charge in [0.05, 0.1) is 24.3 Å². The molecule has 0 spiro atoms. The van der Waals surface area contributed by atoms with Gasteiger partial charge in [-0.2, -0.15) is 26.3 Å². The van der Waals surface area contributed by atoms with Crippen molar-refractivity contribution in [2.75, 3.05) is 45.9 Å². The molecule has 0 radical (unpaired) electrons. The van der Waals surface area contributed by atoms with E-state index < -0.39 is 41.0 Å². The van der Waals surface area contributed by atoms with E-state index in [1.54, 1.807) is 0 Å². The Bertz CT molecular complexity index is 1360. The monoisotopic (exact) mass is 596 g/mol. The first-order chi connectivity index (χ1) is 19.8. The van der Waals surface area contributed by atoms with Crippen LogP contribution in [0.3, 0.4) is 0 Å². The van der Waals surface area contributed by atoms with Gasteiger partial charge in [0.15, 0.2) is 0 Å². The molecule has 0 aliphatic carbocycles. The number of hydrogen-bond donors (Lipinski definition) is 1. The van der Waals surface area contributed by atoms with E-state index in [0.717, 1.165) is 23.0 Å². The lowest BCUT2D eigenvalue weighted by Gasteiger charge is -2.44. The molecule has 1 amide bonds. The predicted molar refractivity (Wildman–Crippen MR) is 146 cm³/mol. The van der Waals surface area contributed by atoms with E-state index in [9.17, 15) is 31.1 Å². The van der Waals surface area contributed by atoms with Gasteiger partial charge in [-0.05, 0) is 50.1 Å². The number of morpholine rings is 1. The molecule has 228 valence electrons. The number of carbonyl (C=O) groups is 1. The number of nitrogens with zero attached hydrogens (tertiary/aromatic N) is 3. The van der Waals surface area contributed by atoms with Crippen LogP contribution in [-0.2, 0) is 23.5 Å². The average Bonchev–Trinajstić information content (AvgIpc) is 3.34. The van der Waals surface area contributed by atoms with E-state index >= 15 is 0 Å². The molecule has 0 saturated carbocycles. The molecular formula is C30H34F6N4O2. The van der Waals surface area contributed by atoms with Gasteiger partial charge in [-0.3, -0.25) is 14.6 Å². The van der Waals surface area contributed by atoms with E-state index in [1.807, 2.05) is 30.5 Å². The first-order valence-electron chi connectivity index (χ1n) is 14.0. The molecule has 2 fully saturated rings. The maximum absolute atomic E-state index is 13.7. The van der Waals surface area contributed by atoms with Crippen molar-refractivity contribution in [2.24, 2.45) is 0 Å². The molecule has 0 bridgehead atoms. The third kappa shape index (κ3) is 6.60. The molecule has 1 N–H and O–H groups in total. The first kappa shape index (κ1) is 30.4. The van der Waals surface area contributed by atoms with Crippen LogP contribution in [0.15, 0.2) is 48.7 Å². The van der Waals surface area contributed by atoms with Crippen LogP contribution >= 0.6 is 0 Å². The minimum atomic E-state index is -5.04. The zero-order valence-electron chi connectivity index (χ0n) is 23.4. The van der Waals surface area contributed by atoms with E-state index in [0.29, 0.717) is 51.4 Å². The smallest absolute Gasteiger partial charge is 0.378 e. The molecule has 3 aromatic rings. The number of para-hydroxylation sites is 1. The zero-order valence-corrected chi connectivity index (χ0v) is 23.4. The number of aromatic nitrogens is 1. The molecule has 2 aliphatic heterocycles. The number of piperazine rings is 1. The quantitative estimate of drug-likeness (QED) is 0.372. The summed E-state index contributed by atoms with van der Waals surface area (Å²) in [5.41, 5.74) is -1.79. The molecular weight excluding hydrogens is 562 g/mol. The van der Waals surface area contributed by atoms with Crippen molar-refractivity contribution in [1.82, 2.24) is 19.7 Å². The van der Waals surface area contributed by atoms with Crippen molar-refractivity contribution in [3.8, 4) is 0 Å². The second kappa shape index (κ2) is 11.9.